The van der Waals surface area contributed by atoms with Gasteiger partial charge in [-0.1, -0.05) is 31.6 Å². The number of benzene rings is 2. The van der Waals surface area contributed by atoms with Crippen LogP contribution >= 0.6 is 0 Å². The van der Waals surface area contributed by atoms with E-state index in [1.807, 2.05) is 24.3 Å². The van der Waals surface area contributed by atoms with Crippen molar-refractivity contribution in [2.75, 3.05) is 26.8 Å². The van der Waals surface area contributed by atoms with Crippen molar-refractivity contribution in [3.8, 4) is 11.5 Å². The number of allylic oxidation sites excluding steroid dienone is 1. The highest BCUT2D eigenvalue weighted by Crippen LogP contribution is 2.15. The van der Waals surface area contributed by atoms with E-state index in [0.717, 1.165) is 30.7 Å². The SMILES string of the molecule is CCCCNCC(O)COc1ccc(C(=O)C=Cc2ccc(OC)cc2)cc1. The zero-order valence-electron chi connectivity index (χ0n) is 16.6. The van der Waals surface area contributed by atoms with Gasteiger partial charge in [-0.3, -0.25) is 4.79 Å². The predicted octanol–water partition coefficient (Wildman–Crippen LogP) is 3.72. The molecule has 0 amide bonds. The molecule has 0 aliphatic rings. The molecule has 0 radical (unpaired) electrons. The van der Waals surface area contributed by atoms with E-state index in [-0.39, 0.29) is 12.4 Å². The summed E-state index contributed by atoms with van der Waals surface area (Å²) in [6.45, 7) is 3.75. The van der Waals surface area contributed by atoms with Crippen molar-refractivity contribution in [3.63, 3.8) is 0 Å². The molecule has 1 atom stereocenters. The van der Waals surface area contributed by atoms with Gasteiger partial charge in [0.2, 0.25) is 0 Å². The Morgan fingerprint density at radius 3 is 2.43 bits per heavy atom. The van der Waals surface area contributed by atoms with Crippen LogP contribution in [-0.2, 0) is 0 Å². The second-order valence-corrected chi connectivity index (χ2v) is 6.52. The summed E-state index contributed by atoms with van der Waals surface area (Å²) in [7, 11) is 1.62. The summed E-state index contributed by atoms with van der Waals surface area (Å²) in [6.07, 6.45) is 4.97. The Kier molecular flexibility index (Phi) is 9.25. The van der Waals surface area contributed by atoms with Gasteiger partial charge in [0.05, 0.1) is 7.11 Å². The molecular formula is C23H29NO4. The van der Waals surface area contributed by atoms with E-state index < -0.39 is 6.10 Å². The number of unbranched alkanes of at least 4 members (excludes halogenated alkanes) is 1. The number of aliphatic hydroxyl groups is 1. The summed E-state index contributed by atoms with van der Waals surface area (Å²) in [5, 5.41) is 13.1. The van der Waals surface area contributed by atoms with E-state index in [0.29, 0.717) is 17.9 Å². The van der Waals surface area contributed by atoms with Gasteiger partial charge in [-0.05, 0) is 61.0 Å². The molecule has 0 aromatic heterocycles. The fourth-order valence-electron chi connectivity index (χ4n) is 2.52. The first-order chi connectivity index (χ1) is 13.6. The zero-order valence-corrected chi connectivity index (χ0v) is 16.6. The number of nitrogens with one attached hydrogen (secondary N) is 1. The summed E-state index contributed by atoms with van der Waals surface area (Å²) < 4.78 is 10.7. The number of rotatable bonds is 12. The van der Waals surface area contributed by atoms with Crippen molar-refractivity contribution in [2.24, 2.45) is 0 Å². The number of methoxy groups -OCH3 is 1. The van der Waals surface area contributed by atoms with Crippen LogP contribution in [0.25, 0.3) is 6.08 Å². The lowest BCUT2D eigenvalue weighted by atomic mass is 10.1. The molecular weight excluding hydrogens is 354 g/mol. The topological polar surface area (TPSA) is 67.8 Å². The quantitative estimate of drug-likeness (QED) is 0.332. The average Bonchev–Trinajstić information content (AvgIpc) is 2.74. The number of hydrogen-bond donors (Lipinski definition) is 2. The Hall–Kier alpha value is -2.63. The minimum Gasteiger partial charge on any atom is -0.497 e. The molecule has 0 aliphatic carbocycles. The molecule has 2 aromatic rings. The van der Waals surface area contributed by atoms with Gasteiger partial charge in [-0.25, -0.2) is 0 Å². The highest BCUT2D eigenvalue weighted by molar-refractivity contribution is 6.06. The van der Waals surface area contributed by atoms with Gasteiger partial charge >= 0.3 is 0 Å². The van der Waals surface area contributed by atoms with Crippen LogP contribution in [0.2, 0.25) is 0 Å². The molecule has 150 valence electrons. The minimum atomic E-state index is -0.564. The molecule has 0 heterocycles. The molecule has 28 heavy (non-hydrogen) atoms. The van der Waals surface area contributed by atoms with Crippen LogP contribution in [0.5, 0.6) is 11.5 Å². The maximum absolute atomic E-state index is 12.3. The third-order valence-electron chi connectivity index (χ3n) is 4.21. The molecule has 0 saturated heterocycles. The lowest BCUT2D eigenvalue weighted by molar-refractivity contribution is 0.104. The zero-order chi connectivity index (χ0) is 20.2. The fraction of sp³-hybridized carbons (Fsp3) is 0.348. The van der Waals surface area contributed by atoms with Crippen LogP contribution in [0, 0.1) is 0 Å². The molecule has 5 heteroatoms. The summed E-state index contributed by atoms with van der Waals surface area (Å²) in [5.41, 5.74) is 1.51. The van der Waals surface area contributed by atoms with E-state index >= 15 is 0 Å². The normalized spacial score (nSPS) is 12.1. The van der Waals surface area contributed by atoms with Gasteiger partial charge < -0.3 is 19.9 Å². The van der Waals surface area contributed by atoms with E-state index in [1.165, 1.54) is 0 Å². The fourth-order valence-corrected chi connectivity index (χ4v) is 2.52. The highest BCUT2D eigenvalue weighted by atomic mass is 16.5. The van der Waals surface area contributed by atoms with Crippen LogP contribution in [0.15, 0.2) is 54.6 Å². The number of ketones is 1. The van der Waals surface area contributed by atoms with Gasteiger partial charge in [-0.15, -0.1) is 0 Å². The Balaban J connectivity index is 1.80. The molecule has 0 spiro atoms. The van der Waals surface area contributed by atoms with E-state index in [1.54, 1.807) is 43.5 Å². The van der Waals surface area contributed by atoms with Gasteiger partial charge in [0.1, 0.15) is 24.2 Å². The number of ether oxygens (including phenoxy) is 2. The molecule has 0 bridgehead atoms. The van der Waals surface area contributed by atoms with Gasteiger partial charge in [0, 0.05) is 12.1 Å². The molecule has 0 fully saturated rings. The van der Waals surface area contributed by atoms with Crippen LogP contribution in [-0.4, -0.2) is 43.8 Å². The largest absolute Gasteiger partial charge is 0.497 e. The van der Waals surface area contributed by atoms with Gasteiger partial charge in [-0.2, -0.15) is 0 Å². The Morgan fingerprint density at radius 1 is 1.11 bits per heavy atom. The Morgan fingerprint density at radius 2 is 1.79 bits per heavy atom. The van der Waals surface area contributed by atoms with Crippen molar-refractivity contribution < 1.29 is 19.4 Å². The summed E-state index contributed by atoms with van der Waals surface area (Å²) in [4.78, 5) is 12.3. The maximum Gasteiger partial charge on any atom is 0.185 e. The van der Waals surface area contributed by atoms with Crippen molar-refractivity contribution in [3.05, 3.63) is 65.7 Å². The van der Waals surface area contributed by atoms with Crippen LogP contribution in [0.4, 0.5) is 0 Å². The molecule has 2 N–H and O–H groups in total. The van der Waals surface area contributed by atoms with Crippen molar-refractivity contribution in [1.29, 1.82) is 0 Å². The first-order valence-corrected chi connectivity index (χ1v) is 9.60. The summed E-state index contributed by atoms with van der Waals surface area (Å²) in [5.74, 6) is 1.33. The number of carbonyl (C=O) groups excluding carboxylic acids is 1. The lowest BCUT2D eigenvalue weighted by Gasteiger charge is -2.13. The smallest absolute Gasteiger partial charge is 0.185 e. The Labute approximate surface area is 167 Å². The monoisotopic (exact) mass is 383 g/mol. The Bertz CT molecular complexity index is 738. The lowest BCUT2D eigenvalue weighted by Crippen LogP contribution is -2.31. The van der Waals surface area contributed by atoms with Crippen LogP contribution < -0.4 is 14.8 Å². The number of aliphatic hydroxyl groups excluding tert-OH is 1. The van der Waals surface area contributed by atoms with Crippen LogP contribution in [0.3, 0.4) is 0 Å². The van der Waals surface area contributed by atoms with Crippen molar-refractivity contribution >= 4 is 11.9 Å². The molecule has 0 saturated carbocycles. The van der Waals surface area contributed by atoms with Crippen molar-refractivity contribution in [2.45, 2.75) is 25.9 Å². The summed E-state index contributed by atoms with van der Waals surface area (Å²) >= 11 is 0. The predicted molar refractivity (Wildman–Crippen MR) is 112 cm³/mol. The molecule has 5 nitrogen and oxygen atoms in total. The first kappa shape index (κ1) is 21.7. The van der Waals surface area contributed by atoms with Crippen LogP contribution in [0.1, 0.15) is 35.7 Å². The molecule has 0 aliphatic heterocycles. The van der Waals surface area contributed by atoms with E-state index in [4.69, 9.17) is 9.47 Å². The standard InChI is InChI=1S/C23H29NO4/c1-3-4-15-24-16-20(25)17-28-22-12-8-19(9-13-22)23(26)14-7-18-5-10-21(27-2)11-6-18/h5-14,20,24-25H,3-4,15-17H2,1-2H3. The average molecular weight is 383 g/mol. The highest BCUT2D eigenvalue weighted by Gasteiger charge is 2.06. The second kappa shape index (κ2) is 12.0. The molecule has 1 unspecified atom stereocenters. The van der Waals surface area contributed by atoms with Crippen molar-refractivity contribution in [1.82, 2.24) is 5.32 Å². The van der Waals surface area contributed by atoms with Gasteiger partial charge in [0.25, 0.3) is 0 Å². The first-order valence-electron chi connectivity index (χ1n) is 9.60. The van der Waals surface area contributed by atoms with E-state index in [2.05, 4.69) is 12.2 Å². The summed E-state index contributed by atoms with van der Waals surface area (Å²) in [6, 6.07) is 14.4. The third kappa shape index (κ3) is 7.55. The molecule has 2 aromatic carbocycles. The minimum absolute atomic E-state index is 0.0810. The second-order valence-electron chi connectivity index (χ2n) is 6.52. The third-order valence-corrected chi connectivity index (χ3v) is 4.21. The van der Waals surface area contributed by atoms with Gasteiger partial charge in [0.15, 0.2) is 5.78 Å². The van der Waals surface area contributed by atoms with E-state index in [9.17, 15) is 9.90 Å². The number of carbonyl (C=O) groups is 1. The number of hydrogen-bond acceptors (Lipinski definition) is 5. The maximum atomic E-state index is 12.3. The molecule has 2 rings (SSSR count).